The van der Waals surface area contributed by atoms with Crippen molar-refractivity contribution in [2.24, 2.45) is 0 Å². The molecule has 0 aliphatic carbocycles. The number of halogens is 1. The van der Waals surface area contributed by atoms with Gasteiger partial charge in [0.2, 0.25) is 0 Å². The fourth-order valence-electron chi connectivity index (χ4n) is 0.392. The molecule has 0 aromatic carbocycles. The molecule has 0 saturated carbocycles. The highest BCUT2D eigenvalue weighted by atomic mass is 35.5. The minimum Gasteiger partial charge on any atom is -0.369 e. The Kier molecular flexibility index (Phi) is 1.02. The molecular weight excluding hydrogens is 99.5 g/mol. The molecule has 0 amide bonds. The van der Waals surface area contributed by atoms with Crippen molar-refractivity contribution in [3.05, 3.63) is 0 Å². The molecule has 1 saturated heterocycles. The van der Waals surface area contributed by atoms with E-state index in [0.29, 0.717) is 18.1 Å². The van der Waals surface area contributed by atoms with Crippen molar-refractivity contribution in [2.75, 3.05) is 5.88 Å². The number of epoxide rings is 1. The molecule has 36 valence electrons. The molecule has 2 atom stereocenters. The Labute approximate surface area is 42.2 Å². The smallest absolute Gasteiger partial charge is 0.0973 e. The standard InChI is InChI=1S/C4H7ClO/c1-3-4(2-5)6-3/h3-4H,2H2,1H3. The van der Waals surface area contributed by atoms with Crippen LogP contribution in [-0.2, 0) is 4.74 Å². The monoisotopic (exact) mass is 106 g/mol. The third-order valence-electron chi connectivity index (χ3n) is 0.988. The Morgan fingerprint density at radius 1 is 1.83 bits per heavy atom. The Morgan fingerprint density at radius 3 is 2.33 bits per heavy atom. The molecule has 1 rings (SSSR count). The average molecular weight is 107 g/mol. The summed E-state index contributed by atoms with van der Waals surface area (Å²) in [5.41, 5.74) is 0. The van der Waals surface area contributed by atoms with Crippen LogP contribution in [0.5, 0.6) is 0 Å². The topological polar surface area (TPSA) is 12.5 Å². The molecule has 2 unspecified atom stereocenters. The van der Waals surface area contributed by atoms with Gasteiger partial charge in [-0.3, -0.25) is 0 Å². The first-order valence-corrected chi connectivity index (χ1v) is 2.59. The van der Waals surface area contributed by atoms with Crippen molar-refractivity contribution in [1.82, 2.24) is 0 Å². The van der Waals surface area contributed by atoms with Crippen LogP contribution in [-0.4, -0.2) is 18.1 Å². The summed E-state index contributed by atoms with van der Waals surface area (Å²) in [6, 6.07) is 0. The van der Waals surface area contributed by atoms with Crippen LogP contribution >= 0.6 is 11.6 Å². The highest BCUT2D eigenvalue weighted by molar-refractivity contribution is 6.18. The van der Waals surface area contributed by atoms with Crippen LogP contribution in [0.1, 0.15) is 6.92 Å². The summed E-state index contributed by atoms with van der Waals surface area (Å²) in [4.78, 5) is 0. The van der Waals surface area contributed by atoms with Crippen LogP contribution in [0.25, 0.3) is 0 Å². The van der Waals surface area contributed by atoms with Crippen molar-refractivity contribution >= 4 is 11.6 Å². The fourth-order valence-corrected chi connectivity index (χ4v) is 0.716. The zero-order valence-corrected chi connectivity index (χ0v) is 4.40. The van der Waals surface area contributed by atoms with Gasteiger partial charge in [0.25, 0.3) is 0 Å². The van der Waals surface area contributed by atoms with E-state index in [1.54, 1.807) is 0 Å². The van der Waals surface area contributed by atoms with Gasteiger partial charge in [0, 0.05) is 0 Å². The molecule has 0 radical (unpaired) electrons. The van der Waals surface area contributed by atoms with E-state index in [0.717, 1.165) is 0 Å². The van der Waals surface area contributed by atoms with Crippen molar-refractivity contribution < 1.29 is 4.74 Å². The second-order valence-electron chi connectivity index (χ2n) is 1.53. The summed E-state index contributed by atoms with van der Waals surface area (Å²) < 4.78 is 4.93. The maximum atomic E-state index is 5.37. The predicted molar refractivity (Wildman–Crippen MR) is 25.1 cm³/mol. The Hall–Kier alpha value is 0.250. The minimum absolute atomic E-state index is 0.367. The Morgan fingerprint density at radius 2 is 2.33 bits per heavy atom. The summed E-state index contributed by atoms with van der Waals surface area (Å²) in [6.07, 6.45) is 0.800. The number of ether oxygens (including phenoxy) is 1. The highest BCUT2D eigenvalue weighted by Gasteiger charge is 2.32. The molecule has 0 N–H and O–H groups in total. The van der Waals surface area contributed by atoms with Crippen LogP contribution < -0.4 is 0 Å². The number of hydrogen-bond donors (Lipinski definition) is 0. The van der Waals surface area contributed by atoms with E-state index in [9.17, 15) is 0 Å². The van der Waals surface area contributed by atoms with Crippen LogP contribution in [0.15, 0.2) is 0 Å². The van der Waals surface area contributed by atoms with E-state index in [2.05, 4.69) is 0 Å². The largest absolute Gasteiger partial charge is 0.369 e. The van der Waals surface area contributed by atoms with E-state index >= 15 is 0 Å². The Bertz CT molecular complexity index is 53.5. The van der Waals surface area contributed by atoms with Gasteiger partial charge in [-0.15, -0.1) is 11.6 Å². The van der Waals surface area contributed by atoms with Gasteiger partial charge < -0.3 is 4.74 Å². The van der Waals surface area contributed by atoms with Gasteiger partial charge in [-0.05, 0) is 6.92 Å². The lowest BCUT2D eigenvalue weighted by molar-refractivity contribution is 0.390. The maximum Gasteiger partial charge on any atom is 0.0973 e. The van der Waals surface area contributed by atoms with Gasteiger partial charge in [-0.2, -0.15) is 0 Å². The third-order valence-corrected chi connectivity index (χ3v) is 1.29. The summed E-state index contributed by atoms with van der Waals surface area (Å²) in [7, 11) is 0. The predicted octanol–water partition coefficient (Wildman–Crippen LogP) is 1.01. The molecule has 0 spiro atoms. The second kappa shape index (κ2) is 1.39. The lowest BCUT2D eigenvalue weighted by Crippen LogP contribution is -1.87. The van der Waals surface area contributed by atoms with Crippen LogP contribution in [0, 0.1) is 0 Å². The number of hydrogen-bond acceptors (Lipinski definition) is 1. The molecule has 0 aromatic heterocycles. The van der Waals surface area contributed by atoms with Crippen molar-refractivity contribution in [3.8, 4) is 0 Å². The van der Waals surface area contributed by atoms with Gasteiger partial charge in [0.15, 0.2) is 0 Å². The molecule has 6 heavy (non-hydrogen) atoms. The van der Waals surface area contributed by atoms with E-state index in [-0.39, 0.29) is 0 Å². The Balaban J connectivity index is 2.09. The first kappa shape index (κ1) is 4.41. The van der Waals surface area contributed by atoms with E-state index in [4.69, 9.17) is 16.3 Å². The fraction of sp³-hybridized carbons (Fsp3) is 1.00. The first-order valence-electron chi connectivity index (χ1n) is 2.06. The van der Waals surface area contributed by atoms with Crippen LogP contribution in [0.3, 0.4) is 0 Å². The van der Waals surface area contributed by atoms with Gasteiger partial charge >= 0.3 is 0 Å². The highest BCUT2D eigenvalue weighted by Crippen LogP contribution is 2.21. The van der Waals surface area contributed by atoms with Gasteiger partial charge in [-0.1, -0.05) is 0 Å². The lowest BCUT2D eigenvalue weighted by Gasteiger charge is -1.70. The number of rotatable bonds is 1. The van der Waals surface area contributed by atoms with Gasteiger partial charge in [0.1, 0.15) is 0 Å². The second-order valence-corrected chi connectivity index (χ2v) is 1.84. The SMILES string of the molecule is CC1OC1CCl. The molecule has 0 bridgehead atoms. The summed E-state index contributed by atoms with van der Waals surface area (Å²) in [5.74, 6) is 0.654. The normalized spacial score (nSPS) is 43.0. The van der Waals surface area contributed by atoms with Crippen LogP contribution in [0.4, 0.5) is 0 Å². The van der Waals surface area contributed by atoms with Crippen LogP contribution in [0.2, 0.25) is 0 Å². The van der Waals surface area contributed by atoms with E-state index in [1.807, 2.05) is 6.92 Å². The van der Waals surface area contributed by atoms with Gasteiger partial charge in [0.05, 0.1) is 18.1 Å². The van der Waals surface area contributed by atoms with E-state index in [1.165, 1.54) is 0 Å². The number of alkyl halides is 1. The summed E-state index contributed by atoms with van der Waals surface area (Å²) in [6.45, 7) is 2.02. The molecule has 1 fully saturated rings. The van der Waals surface area contributed by atoms with E-state index < -0.39 is 0 Å². The quantitative estimate of drug-likeness (QED) is 0.359. The molecule has 0 aromatic rings. The first-order chi connectivity index (χ1) is 2.84. The molecule has 1 heterocycles. The molecule has 2 heteroatoms. The molecule has 1 nitrogen and oxygen atoms in total. The zero-order chi connectivity index (χ0) is 4.57. The van der Waals surface area contributed by atoms with Gasteiger partial charge in [-0.25, -0.2) is 0 Å². The van der Waals surface area contributed by atoms with Crippen molar-refractivity contribution in [1.29, 1.82) is 0 Å². The molecule has 1 aliphatic rings. The third kappa shape index (κ3) is 0.660. The maximum absolute atomic E-state index is 5.37. The molecule has 1 aliphatic heterocycles. The minimum atomic E-state index is 0.367. The molecular formula is C4H7ClO. The van der Waals surface area contributed by atoms with Crippen molar-refractivity contribution in [3.63, 3.8) is 0 Å². The zero-order valence-electron chi connectivity index (χ0n) is 3.65. The van der Waals surface area contributed by atoms with Crippen molar-refractivity contribution in [2.45, 2.75) is 19.1 Å². The summed E-state index contributed by atoms with van der Waals surface area (Å²) >= 11 is 5.37. The summed E-state index contributed by atoms with van der Waals surface area (Å²) in [5, 5.41) is 0. The average Bonchev–Trinajstić information content (AvgIpc) is 2.19. The lowest BCUT2D eigenvalue weighted by atomic mass is 10.4.